The summed E-state index contributed by atoms with van der Waals surface area (Å²) in [6, 6.07) is 0. The maximum atomic E-state index is 11.1. The Morgan fingerprint density at radius 3 is 2.60 bits per heavy atom. The third-order valence-corrected chi connectivity index (χ3v) is 4.67. The predicted molar refractivity (Wildman–Crippen MR) is 64.0 cm³/mol. The van der Waals surface area contributed by atoms with E-state index in [-0.39, 0.29) is 0 Å². The maximum absolute atomic E-state index is 11.1. The van der Waals surface area contributed by atoms with Crippen molar-refractivity contribution in [2.75, 3.05) is 6.26 Å². The van der Waals surface area contributed by atoms with E-state index in [1.807, 2.05) is 6.26 Å². The Bertz CT molecular complexity index is 245. The smallest absolute Gasteiger partial charge is 0.323 e. The molecule has 1 rings (SSSR count). The monoisotopic (exact) mass is 231 g/mol. The van der Waals surface area contributed by atoms with Crippen LogP contribution in [0.15, 0.2) is 0 Å². The molecule has 0 aromatic carbocycles. The summed E-state index contributed by atoms with van der Waals surface area (Å²) < 4.78 is 0. The van der Waals surface area contributed by atoms with Crippen LogP contribution < -0.4 is 5.73 Å². The molecule has 88 valence electrons. The molecule has 1 aliphatic rings. The first-order chi connectivity index (χ1) is 6.90. The zero-order chi connectivity index (χ0) is 11.6. The summed E-state index contributed by atoms with van der Waals surface area (Å²) in [5.41, 5.74) is 4.93. The summed E-state index contributed by atoms with van der Waals surface area (Å²) in [7, 11) is 0. The highest BCUT2D eigenvalue weighted by Crippen LogP contribution is 2.40. The fraction of sp³-hybridized carbons (Fsp3) is 0.909. The number of hydrogen-bond donors (Lipinski definition) is 2. The average molecular weight is 231 g/mol. The lowest BCUT2D eigenvalue weighted by Crippen LogP contribution is -2.54. The van der Waals surface area contributed by atoms with Crippen molar-refractivity contribution in [1.29, 1.82) is 0 Å². The molecule has 3 unspecified atom stereocenters. The van der Waals surface area contributed by atoms with Gasteiger partial charge in [0.15, 0.2) is 0 Å². The van der Waals surface area contributed by atoms with Crippen molar-refractivity contribution >= 4 is 17.7 Å². The first kappa shape index (κ1) is 12.8. The zero-order valence-corrected chi connectivity index (χ0v) is 10.5. The Labute approximate surface area is 95.8 Å². The van der Waals surface area contributed by atoms with Gasteiger partial charge < -0.3 is 10.8 Å². The van der Waals surface area contributed by atoms with Gasteiger partial charge in [-0.25, -0.2) is 0 Å². The number of carbonyl (C=O) groups is 1. The lowest BCUT2D eigenvalue weighted by Gasteiger charge is -2.41. The molecule has 0 aliphatic heterocycles. The van der Waals surface area contributed by atoms with Gasteiger partial charge in [0.05, 0.1) is 0 Å². The first-order valence-corrected chi connectivity index (χ1v) is 6.74. The predicted octanol–water partition coefficient (Wildman–Crippen LogP) is 1.96. The van der Waals surface area contributed by atoms with Crippen molar-refractivity contribution in [2.24, 2.45) is 17.6 Å². The summed E-state index contributed by atoms with van der Waals surface area (Å²) in [6.45, 7) is 4.41. The molecule has 0 amide bonds. The van der Waals surface area contributed by atoms with Crippen LogP contribution >= 0.6 is 11.8 Å². The quantitative estimate of drug-likeness (QED) is 0.779. The number of carboxylic acid groups (broad SMARTS) is 1. The SMILES string of the molecule is CSC1CC(N)(C(=O)O)CCC1C(C)C. The standard InChI is InChI=1S/C11H21NO2S/c1-7(2)8-4-5-11(12,10(13)14)6-9(8)15-3/h7-9H,4-6,12H2,1-3H3,(H,13,14). The molecule has 0 aromatic heterocycles. The number of rotatable bonds is 3. The molecule has 4 heteroatoms. The van der Waals surface area contributed by atoms with Crippen molar-refractivity contribution in [2.45, 2.75) is 43.9 Å². The average Bonchev–Trinajstić information content (AvgIpc) is 2.16. The van der Waals surface area contributed by atoms with Crippen molar-refractivity contribution in [3.63, 3.8) is 0 Å². The molecule has 1 fully saturated rings. The minimum Gasteiger partial charge on any atom is -0.480 e. The second-order valence-electron chi connectivity index (χ2n) is 4.89. The van der Waals surface area contributed by atoms with Gasteiger partial charge in [-0.1, -0.05) is 13.8 Å². The molecule has 3 nitrogen and oxygen atoms in total. The van der Waals surface area contributed by atoms with Crippen LogP contribution in [-0.2, 0) is 4.79 Å². The second-order valence-corrected chi connectivity index (χ2v) is 5.96. The van der Waals surface area contributed by atoms with Gasteiger partial charge in [0.25, 0.3) is 0 Å². The fourth-order valence-corrected chi connectivity index (χ4v) is 3.70. The minimum absolute atomic E-state index is 0.389. The maximum Gasteiger partial charge on any atom is 0.323 e. The van der Waals surface area contributed by atoms with Crippen molar-refractivity contribution in [1.82, 2.24) is 0 Å². The summed E-state index contributed by atoms with van der Waals surface area (Å²) >= 11 is 1.76. The second kappa shape index (κ2) is 4.74. The first-order valence-electron chi connectivity index (χ1n) is 5.46. The Morgan fingerprint density at radius 2 is 2.20 bits per heavy atom. The lowest BCUT2D eigenvalue weighted by atomic mass is 9.73. The highest BCUT2D eigenvalue weighted by Gasteiger charge is 2.43. The van der Waals surface area contributed by atoms with E-state index >= 15 is 0 Å². The molecule has 0 radical (unpaired) electrons. The van der Waals surface area contributed by atoms with Gasteiger partial charge in [-0.15, -0.1) is 0 Å². The van der Waals surface area contributed by atoms with E-state index in [0.29, 0.717) is 29.9 Å². The lowest BCUT2D eigenvalue weighted by molar-refractivity contribution is -0.145. The van der Waals surface area contributed by atoms with Crippen LogP contribution in [0.2, 0.25) is 0 Å². The Morgan fingerprint density at radius 1 is 1.60 bits per heavy atom. The highest BCUT2D eigenvalue weighted by atomic mass is 32.2. The number of thioether (sulfide) groups is 1. The van der Waals surface area contributed by atoms with Crippen LogP contribution in [0, 0.1) is 11.8 Å². The van der Waals surface area contributed by atoms with Gasteiger partial charge in [-0.05, 0) is 37.4 Å². The highest BCUT2D eigenvalue weighted by molar-refractivity contribution is 7.99. The molecule has 1 saturated carbocycles. The van der Waals surface area contributed by atoms with Gasteiger partial charge in [-0.2, -0.15) is 11.8 Å². The molecule has 3 N–H and O–H groups in total. The van der Waals surface area contributed by atoms with Gasteiger partial charge in [0.1, 0.15) is 5.54 Å². The van der Waals surface area contributed by atoms with Crippen LogP contribution in [0.5, 0.6) is 0 Å². The topological polar surface area (TPSA) is 63.3 Å². The van der Waals surface area contributed by atoms with E-state index in [1.165, 1.54) is 0 Å². The molecular formula is C11H21NO2S. The number of aliphatic carboxylic acids is 1. The summed E-state index contributed by atoms with van der Waals surface area (Å²) in [4.78, 5) is 11.1. The third kappa shape index (κ3) is 2.67. The van der Waals surface area contributed by atoms with Crippen LogP contribution in [0.25, 0.3) is 0 Å². The normalized spacial score (nSPS) is 36.9. The fourth-order valence-electron chi connectivity index (χ4n) is 2.44. The molecule has 1 aliphatic carbocycles. The van der Waals surface area contributed by atoms with Crippen LogP contribution in [0.1, 0.15) is 33.1 Å². The molecular weight excluding hydrogens is 210 g/mol. The third-order valence-electron chi connectivity index (χ3n) is 3.55. The van der Waals surface area contributed by atoms with Gasteiger partial charge >= 0.3 is 5.97 Å². The number of carboxylic acids is 1. The van der Waals surface area contributed by atoms with Crippen LogP contribution in [-0.4, -0.2) is 28.1 Å². The van der Waals surface area contributed by atoms with E-state index in [2.05, 4.69) is 13.8 Å². The Balaban J connectivity index is 2.74. The summed E-state index contributed by atoms with van der Waals surface area (Å²) in [6.07, 6.45) is 4.20. The van der Waals surface area contributed by atoms with E-state index in [1.54, 1.807) is 11.8 Å². The minimum atomic E-state index is -0.987. The largest absolute Gasteiger partial charge is 0.480 e. The van der Waals surface area contributed by atoms with Crippen LogP contribution in [0.3, 0.4) is 0 Å². The molecule has 0 saturated heterocycles. The van der Waals surface area contributed by atoms with E-state index < -0.39 is 11.5 Å². The summed E-state index contributed by atoms with van der Waals surface area (Å²) in [5.74, 6) is 0.376. The van der Waals surface area contributed by atoms with E-state index in [0.717, 1.165) is 6.42 Å². The van der Waals surface area contributed by atoms with Crippen molar-refractivity contribution in [3.05, 3.63) is 0 Å². The van der Waals surface area contributed by atoms with Gasteiger partial charge in [0.2, 0.25) is 0 Å². The number of hydrogen-bond acceptors (Lipinski definition) is 3. The molecule has 15 heavy (non-hydrogen) atoms. The van der Waals surface area contributed by atoms with Crippen LogP contribution in [0.4, 0.5) is 0 Å². The Hall–Kier alpha value is -0.220. The number of nitrogens with two attached hydrogens (primary N) is 1. The van der Waals surface area contributed by atoms with E-state index in [4.69, 9.17) is 10.8 Å². The molecule has 0 heterocycles. The van der Waals surface area contributed by atoms with E-state index in [9.17, 15) is 4.79 Å². The van der Waals surface area contributed by atoms with Gasteiger partial charge in [-0.3, -0.25) is 4.79 Å². The Kier molecular flexibility index (Phi) is 4.06. The molecule has 0 spiro atoms. The van der Waals surface area contributed by atoms with Crippen molar-refractivity contribution in [3.8, 4) is 0 Å². The van der Waals surface area contributed by atoms with Crippen molar-refractivity contribution < 1.29 is 9.90 Å². The molecule has 0 bridgehead atoms. The molecule has 0 aromatic rings. The van der Waals surface area contributed by atoms with Gasteiger partial charge in [0, 0.05) is 5.25 Å². The zero-order valence-electron chi connectivity index (χ0n) is 9.69. The summed E-state index contributed by atoms with van der Waals surface area (Å²) in [5, 5.41) is 9.49. The molecule has 3 atom stereocenters.